The van der Waals surface area contributed by atoms with Crippen LogP contribution in [-0.4, -0.2) is 113 Å². The zero-order chi connectivity index (χ0) is 47.9. The number of benzene rings is 3. The first-order chi connectivity index (χ1) is 31.2. The highest BCUT2D eigenvalue weighted by molar-refractivity contribution is 5.96. The summed E-state index contributed by atoms with van der Waals surface area (Å²) in [5.41, 5.74) is -7.49. The van der Waals surface area contributed by atoms with E-state index >= 15 is 4.79 Å². The Kier molecular flexibility index (Phi) is 13.0. The Morgan fingerprint density at radius 2 is 1.39 bits per heavy atom. The number of nitrogens with one attached hydrogen (secondary N) is 1. The van der Waals surface area contributed by atoms with E-state index in [0.717, 1.165) is 21.0 Å². The van der Waals surface area contributed by atoms with Crippen LogP contribution in [0.15, 0.2) is 102 Å². The lowest BCUT2D eigenvalue weighted by atomic mass is 9.44. The molecule has 7 rings (SSSR count). The molecule has 2 saturated carbocycles. The van der Waals surface area contributed by atoms with Crippen molar-refractivity contribution in [3.05, 3.63) is 119 Å². The number of hydrogen-bond acceptors (Lipinski definition) is 16. The van der Waals surface area contributed by atoms with E-state index in [4.69, 9.17) is 33.2 Å². The van der Waals surface area contributed by atoms with E-state index < -0.39 is 119 Å². The summed E-state index contributed by atoms with van der Waals surface area (Å²) in [6.45, 7) is 7.80. The number of ketones is 1. The minimum atomic E-state index is -2.46. The number of carbonyl (C=O) groups is 7. The summed E-state index contributed by atoms with van der Waals surface area (Å²) in [7, 11) is 1.06. The molecule has 1 aliphatic heterocycles. The number of fused-ring (bicyclic) bond motifs is 5. The molecule has 17 nitrogen and oxygen atoms in total. The number of methoxy groups -OCH3 is 1. The van der Waals surface area contributed by atoms with Crippen LogP contribution in [0.1, 0.15) is 86.7 Å². The van der Waals surface area contributed by atoms with Gasteiger partial charge >= 0.3 is 30.0 Å². The molecule has 0 aromatic heterocycles. The molecule has 0 unspecified atom stereocenters. The summed E-state index contributed by atoms with van der Waals surface area (Å²) in [5, 5.41) is 28.4. The molecule has 1 saturated heterocycles. The Balaban J connectivity index is 1.42. The fourth-order valence-corrected chi connectivity index (χ4v) is 10.5. The molecule has 2 bridgehead atoms. The molecule has 1 amide bonds. The molecule has 3 aliphatic carbocycles. The Labute approximate surface area is 380 Å². The number of rotatable bonds is 11. The van der Waals surface area contributed by atoms with Crippen LogP contribution in [0.4, 0.5) is 4.79 Å². The molecule has 3 aromatic rings. The monoisotopic (exact) mass is 911 g/mol. The van der Waals surface area contributed by atoms with E-state index in [9.17, 15) is 39.0 Å². The van der Waals surface area contributed by atoms with Gasteiger partial charge in [-0.25, -0.2) is 14.4 Å². The SMILES string of the molecule is COC(=O)O[C@H]1C[C@H]2OC[C@@]2(OC(C)=O)[C@H]2[C@H](OC(=O)c3ccccc3)[C@]3(O)C[C@H](OC(=O)[C@H](O)[C@@H](NC(=O)c4ccccc4)c4ccccc4)C(C)=C([C@@H](OC(C)=O)C(=O)[C@]12C)C3(C)C. The van der Waals surface area contributed by atoms with Crippen molar-refractivity contribution in [2.45, 2.75) is 108 Å². The third-order valence-corrected chi connectivity index (χ3v) is 13.9. The van der Waals surface area contributed by atoms with Crippen LogP contribution in [0.5, 0.6) is 0 Å². The van der Waals surface area contributed by atoms with Crippen LogP contribution in [0.2, 0.25) is 0 Å². The number of amides is 1. The number of hydrogen-bond donors (Lipinski definition) is 3. The molecule has 0 radical (unpaired) electrons. The van der Waals surface area contributed by atoms with Gasteiger partial charge < -0.3 is 48.7 Å². The zero-order valence-corrected chi connectivity index (χ0v) is 37.5. The predicted molar refractivity (Wildman–Crippen MR) is 229 cm³/mol. The van der Waals surface area contributed by atoms with Crippen molar-refractivity contribution in [1.82, 2.24) is 5.32 Å². The molecular formula is C49H53NO16. The Hall–Kier alpha value is -6.43. The fraction of sp³-hybridized carbons (Fsp3) is 0.449. The molecule has 4 aliphatic rings. The highest BCUT2D eigenvalue weighted by Crippen LogP contribution is 2.65. The molecule has 11 atom stereocenters. The van der Waals surface area contributed by atoms with Crippen LogP contribution in [0, 0.1) is 16.7 Å². The van der Waals surface area contributed by atoms with E-state index in [1.165, 1.54) is 39.8 Å². The van der Waals surface area contributed by atoms with Gasteiger partial charge in [-0.3, -0.25) is 19.2 Å². The van der Waals surface area contributed by atoms with Gasteiger partial charge in [-0.15, -0.1) is 0 Å². The van der Waals surface area contributed by atoms with Gasteiger partial charge in [-0.1, -0.05) is 80.6 Å². The summed E-state index contributed by atoms with van der Waals surface area (Å²) in [5.74, 6) is -7.14. The van der Waals surface area contributed by atoms with E-state index in [-0.39, 0.29) is 35.3 Å². The first kappa shape index (κ1) is 47.5. The number of Topliss-reactive ketones (excluding diaryl/α,β-unsaturated/α-hetero) is 1. The van der Waals surface area contributed by atoms with Gasteiger partial charge in [0.15, 0.2) is 23.6 Å². The number of aliphatic hydroxyl groups excluding tert-OH is 1. The molecule has 3 N–H and O–H groups in total. The molecule has 3 fully saturated rings. The molecule has 350 valence electrons. The maximum Gasteiger partial charge on any atom is 0.508 e. The summed E-state index contributed by atoms with van der Waals surface area (Å²) in [6.07, 6.45) is -12.1. The Morgan fingerprint density at radius 1 is 0.803 bits per heavy atom. The van der Waals surface area contributed by atoms with Gasteiger partial charge in [-0.05, 0) is 54.8 Å². The average molecular weight is 912 g/mol. The summed E-state index contributed by atoms with van der Waals surface area (Å²) in [4.78, 5) is 97.6. The van der Waals surface area contributed by atoms with Crippen LogP contribution < -0.4 is 5.32 Å². The van der Waals surface area contributed by atoms with Crippen LogP contribution in [0.3, 0.4) is 0 Å². The first-order valence-electron chi connectivity index (χ1n) is 21.5. The molecular weight excluding hydrogens is 859 g/mol. The molecule has 66 heavy (non-hydrogen) atoms. The van der Waals surface area contributed by atoms with Crippen LogP contribution >= 0.6 is 0 Å². The minimum Gasteiger partial charge on any atom is -0.456 e. The lowest BCUT2D eigenvalue weighted by molar-refractivity contribution is -0.346. The van der Waals surface area contributed by atoms with Crippen molar-refractivity contribution >= 4 is 41.7 Å². The number of esters is 4. The van der Waals surface area contributed by atoms with E-state index in [1.54, 1.807) is 78.9 Å². The highest BCUT2D eigenvalue weighted by Gasteiger charge is 2.79. The molecule has 1 heterocycles. The number of aliphatic hydroxyl groups is 2. The minimum absolute atomic E-state index is 0.0336. The van der Waals surface area contributed by atoms with E-state index in [2.05, 4.69) is 5.32 Å². The van der Waals surface area contributed by atoms with Gasteiger partial charge in [0, 0.05) is 37.7 Å². The summed E-state index contributed by atoms with van der Waals surface area (Å²) >= 11 is 0. The van der Waals surface area contributed by atoms with E-state index in [1.807, 2.05) is 0 Å². The van der Waals surface area contributed by atoms with E-state index in [0.29, 0.717) is 5.56 Å². The van der Waals surface area contributed by atoms with Crippen LogP contribution in [-0.2, 0) is 52.3 Å². The number of ether oxygens (including phenoxy) is 7. The first-order valence-corrected chi connectivity index (χ1v) is 21.5. The van der Waals surface area contributed by atoms with Crippen molar-refractivity contribution in [3.63, 3.8) is 0 Å². The topological polar surface area (TPSA) is 237 Å². The van der Waals surface area contributed by atoms with Gasteiger partial charge in [0.25, 0.3) is 5.91 Å². The maximum atomic E-state index is 15.9. The standard InChI is InChI=1S/C49H53NO16/c1-26-32(63-44(57)37(53)36(29-17-11-8-12-18-29)50-42(55)30-19-13-9-14-20-30)24-49(59)41(65-43(56)31-21-15-10-16-22-31)39-47(6,40(54)38(62-27(2)51)35(26)46(49,4)5)33(64-45(58)60-7)23-34-48(39,25-61-34)66-28(3)52/h8-22,32-34,36-39,41,53,59H,23-25H2,1-7H3,(H,50,55)/t32-,33-,34+,36-,37+,38+,39-,41-,47+,48-,49+/m0/s1. The van der Waals surface area contributed by atoms with Crippen molar-refractivity contribution < 1.29 is 76.9 Å². The van der Waals surface area contributed by atoms with Crippen molar-refractivity contribution in [3.8, 4) is 0 Å². The fourth-order valence-electron chi connectivity index (χ4n) is 10.5. The number of carbonyl (C=O) groups excluding carboxylic acids is 7. The summed E-state index contributed by atoms with van der Waals surface area (Å²) < 4.78 is 41.3. The lowest BCUT2D eigenvalue weighted by Gasteiger charge is -2.67. The Morgan fingerprint density at radius 3 is 1.94 bits per heavy atom. The largest absolute Gasteiger partial charge is 0.508 e. The smallest absolute Gasteiger partial charge is 0.456 e. The predicted octanol–water partition coefficient (Wildman–Crippen LogP) is 4.53. The zero-order valence-electron chi connectivity index (χ0n) is 37.5. The maximum absolute atomic E-state index is 15.9. The lowest BCUT2D eigenvalue weighted by Crippen LogP contribution is -2.82. The third-order valence-electron chi connectivity index (χ3n) is 13.9. The third kappa shape index (κ3) is 8.13. The highest BCUT2D eigenvalue weighted by atomic mass is 16.7. The van der Waals surface area contributed by atoms with Gasteiger partial charge in [0.1, 0.15) is 30.0 Å². The second kappa shape index (κ2) is 18.1. The molecule has 0 spiro atoms. The Bertz CT molecular complexity index is 2420. The average Bonchev–Trinajstić information content (AvgIpc) is 3.28. The van der Waals surface area contributed by atoms with Gasteiger partial charge in [0.05, 0.1) is 36.7 Å². The van der Waals surface area contributed by atoms with Crippen molar-refractivity contribution in [2.24, 2.45) is 16.7 Å². The summed E-state index contributed by atoms with van der Waals surface area (Å²) in [6, 6.07) is 22.7. The van der Waals surface area contributed by atoms with Gasteiger partial charge in [0.2, 0.25) is 0 Å². The normalized spacial score (nSPS) is 30.5. The van der Waals surface area contributed by atoms with Crippen LogP contribution in [0.25, 0.3) is 0 Å². The second-order valence-corrected chi connectivity index (χ2v) is 17.9. The molecule has 3 aromatic carbocycles. The van der Waals surface area contributed by atoms with Gasteiger partial charge in [-0.2, -0.15) is 0 Å². The van der Waals surface area contributed by atoms with Crippen molar-refractivity contribution in [2.75, 3.05) is 13.7 Å². The second-order valence-electron chi connectivity index (χ2n) is 17.9. The quantitative estimate of drug-likeness (QED) is 0.136. The van der Waals surface area contributed by atoms with Crippen molar-refractivity contribution in [1.29, 1.82) is 0 Å². The molecule has 17 heteroatoms.